The van der Waals surface area contributed by atoms with Crippen LogP contribution in [0.5, 0.6) is 11.5 Å². The first-order chi connectivity index (χ1) is 12.3. The number of para-hydroxylation sites is 2. The van der Waals surface area contributed by atoms with Crippen LogP contribution in [0.3, 0.4) is 0 Å². The smallest absolute Gasteiger partial charge is 0.277 e. The van der Waals surface area contributed by atoms with Crippen LogP contribution in [-0.4, -0.2) is 34.5 Å². The summed E-state index contributed by atoms with van der Waals surface area (Å²) in [6.07, 6.45) is 4.09. The van der Waals surface area contributed by atoms with Crippen molar-refractivity contribution in [3.8, 4) is 11.5 Å². The van der Waals surface area contributed by atoms with Crippen LogP contribution >= 0.6 is 11.8 Å². The number of carbonyl (C=O) groups is 1. The Hall–Kier alpha value is -2.22. The van der Waals surface area contributed by atoms with Crippen molar-refractivity contribution in [2.45, 2.75) is 43.1 Å². The number of hydrogen-bond acceptors (Lipinski definition) is 7. The second kappa shape index (κ2) is 7.35. The van der Waals surface area contributed by atoms with Crippen molar-refractivity contribution in [1.29, 1.82) is 0 Å². The number of carbonyl (C=O) groups excluding carboxylic acids is 1. The van der Waals surface area contributed by atoms with E-state index < -0.39 is 6.10 Å². The third kappa shape index (κ3) is 3.89. The number of benzene rings is 1. The van der Waals surface area contributed by atoms with Crippen LogP contribution in [0.15, 0.2) is 33.9 Å². The molecule has 8 heteroatoms. The lowest BCUT2D eigenvalue weighted by molar-refractivity contribution is -0.119. The van der Waals surface area contributed by atoms with E-state index in [0.29, 0.717) is 35.3 Å². The summed E-state index contributed by atoms with van der Waals surface area (Å²) in [6, 6.07) is 7.77. The molecule has 1 aromatic heterocycles. The summed E-state index contributed by atoms with van der Waals surface area (Å²) in [4.78, 5) is 12.0. The number of amides is 1. The molecule has 1 N–H and O–H groups in total. The molecule has 132 valence electrons. The lowest BCUT2D eigenvalue weighted by Crippen LogP contribution is -2.33. The zero-order chi connectivity index (χ0) is 17.1. The molecule has 1 amide bonds. The summed E-state index contributed by atoms with van der Waals surface area (Å²) in [5.41, 5.74) is 0. The van der Waals surface area contributed by atoms with E-state index in [1.54, 1.807) is 0 Å². The van der Waals surface area contributed by atoms with Gasteiger partial charge in [-0.1, -0.05) is 36.7 Å². The van der Waals surface area contributed by atoms with Gasteiger partial charge in [-0.3, -0.25) is 4.79 Å². The summed E-state index contributed by atoms with van der Waals surface area (Å²) in [6.45, 7) is 0.311. The van der Waals surface area contributed by atoms with Crippen molar-refractivity contribution in [3.05, 3.63) is 30.2 Å². The van der Waals surface area contributed by atoms with Crippen LogP contribution in [0.25, 0.3) is 0 Å². The van der Waals surface area contributed by atoms with Gasteiger partial charge in [-0.05, 0) is 25.0 Å². The van der Waals surface area contributed by atoms with Gasteiger partial charge in [-0.15, -0.1) is 10.2 Å². The molecule has 1 aliphatic carbocycles. The van der Waals surface area contributed by atoms with E-state index in [-0.39, 0.29) is 11.7 Å². The Bertz CT molecular complexity index is 745. The molecule has 4 rings (SSSR count). The SMILES string of the molecule is O=C(CSc1nnc([C@H]2COc3ccccc3O2)o1)NC1CCCC1. The van der Waals surface area contributed by atoms with Crippen LogP contribution in [0.2, 0.25) is 0 Å². The highest BCUT2D eigenvalue weighted by molar-refractivity contribution is 7.99. The van der Waals surface area contributed by atoms with Crippen molar-refractivity contribution < 1.29 is 18.7 Å². The van der Waals surface area contributed by atoms with Crippen molar-refractivity contribution in [3.63, 3.8) is 0 Å². The molecule has 0 radical (unpaired) electrons. The molecule has 1 atom stereocenters. The monoisotopic (exact) mass is 361 g/mol. The topological polar surface area (TPSA) is 86.5 Å². The summed E-state index contributed by atoms with van der Waals surface area (Å²) in [5, 5.41) is 11.4. The summed E-state index contributed by atoms with van der Waals surface area (Å²) in [7, 11) is 0. The predicted molar refractivity (Wildman–Crippen MR) is 90.7 cm³/mol. The van der Waals surface area contributed by atoms with Gasteiger partial charge in [0, 0.05) is 6.04 Å². The molecule has 2 heterocycles. The average Bonchev–Trinajstić information content (AvgIpc) is 3.31. The molecule has 2 aliphatic rings. The molecule has 0 saturated heterocycles. The number of nitrogens with one attached hydrogen (secondary N) is 1. The van der Waals surface area contributed by atoms with Gasteiger partial charge in [0.15, 0.2) is 11.5 Å². The number of rotatable bonds is 5. The van der Waals surface area contributed by atoms with E-state index in [9.17, 15) is 4.79 Å². The van der Waals surface area contributed by atoms with E-state index in [0.717, 1.165) is 12.8 Å². The maximum atomic E-state index is 12.0. The maximum Gasteiger partial charge on any atom is 0.277 e. The van der Waals surface area contributed by atoms with Crippen LogP contribution in [0, 0.1) is 0 Å². The van der Waals surface area contributed by atoms with Crippen LogP contribution in [0.4, 0.5) is 0 Å². The second-order valence-corrected chi connectivity index (χ2v) is 7.03. The predicted octanol–water partition coefficient (Wildman–Crippen LogP) is 2.73. The first kappa shape index (κ1) is 16.3. The van der Waals surface area contributed by atoms with Crippen LogP contribution in [-0.2, 0) is 4.79 Å². The number of fused-ring (bicyclic) bond motifs is 1. The molecular weight excluding hydrogens is 342 g/mol. The number of hydrogen-bond donors (Lipinski definition) is 1. The minimum Gasteiger partial charge on any atom is -0.485 e. The van der Waals surface area contributed by atoms with Gasteiger partial charge in [0.2, 0.25) is 12.0 Å². The number of aromatic nitrogens is 2. The summed E-state index contributed by atoms with van der Waals surface area (Å²) >= 11 is 1.23. The van der Waals surface area contributed by atoms with Gasteiger partial charge in [0.05, 0.1) is 5.75 Å². The number of nitrogens with zero attached hydrogens (tertiary/aromatic N) is 2. The highest BCUT2D eigenvalue weighted by Gasteiger charge is 2.27. The van der Waals surface area contributed by atoms with E-state index in [2.05, 4.69) is 15.5 Å². The quantitative estimate of drug-likeness (QED) is 0.819. The Morgan fingerprint density at radius 2 is 2.00 bits per heavy atom. The first-order valence-corrected chi connectivity index (χ1v) is 9.40. The lowest BCUT2D eigenvalue weighted by Gasteiger charge is -2.23. The summed E-state index contributed by atoms with van der Waals surface area (Å²) < 4.78 is 17.1. The fourth-order valence-corrected chi connectivity index (χ4v) is 3.60. The molecule has 7 nitrogen and oxygen atoms in total. The highest BCUT2D eigenvalue weighted by atomic mass is 32.2. The first-order valence-electron chi connectivity index (χ1n) is 8.42. The Morgan fingerprint density at radius 3 is 2.84 bits per heavy atom. The maximum absolute atomic E-state index is 12.0. The fourth-order valence-electron chi connectivity index (χ4n) is 3.02. The third-order valence-electron chi connectivity index (χ3n) is 4.25. The zero-order valence-corrected chi connectivity index (χ0v) is 14.5. The van der Waals surface area contributed by atoms with Crippen LogP contribution in [0.1, 0.15) is 37.7 Å². The van der Waals surface area contributed by atoms with Gasteiger partial charge >= 0.3 is 0 Å². The molecule has 0 unspecified atom stereocenters. The minimum absolute atomic E-state index is 0.00262. The van der Waals surface area contributed by atoms with Crippen molar-refractivity contribution in [1.82, 2.24) is 15.5 Å². The molecule has 2 aromatic rings. The van der Waals surface area contributed by atoms with Crippen molar-refractivity contribution in [2.75, 3.05) is 12.4 Å². The van der Waals surface area contributed by atoms with Gasteiger partial charge in [0.1, 0.15) is 6.61 Å². The molecule has 1 aliphatic heterocycles. The Morgan fingerprint density at radius 1 is 1.20 bits per heavy atom. The normalized spacial score (nSPS) is 19.8. The minimum atomic E-state index is -0.441. The average molecular weight is 361 g/mol. The molecule has 1 aromatic carbocycles. The largest absolute Gasteiger partial charge is 0.485 e. The van der Waals surface area contributed by atoms with Crippen molar-refractivity contribution in [2.24, 2.45) is 0 Å². The van der Waals surface area contributed by atoms with Crippen LogP contribution < -0.4 is 14.8 Å². The molecule has 0 bridgehead atoms. The molecule has 1 saturated carbocycles. The zero-order valence-electron chi connectivity index (χ0n) is 13.6. The molecular formula is C17H19N3O4S. The fraction of sp³-hybridized carbons (Fsp3) is 0.471. The number of ether oxygens (including phenoxy) is 2. The highest BCUT2D eigenvalue weighted by Crippen LogP contribution is 2.35. The van der Waals surface area contributed by atoms with Crippen molar-refractivity contribution >= 4 is 17.7 Å². The van der Waals surface area contributed by atoms with Gasteiger partial charge in [-0.2, -0.15) is 0 Å². The molecule has 25 heavy (non-hydrogen) atoms. The Labute approximate surface area is 149 Å². The van der Waals surface area contributed by atoms with E-state index in [1.165, 1.54) is 24.6 Å². The lowest BCUT2D eigenvalue weighted by atomic mass is 10.2. The van der Waals surface area contributed by atoms with E-state index >= 15 is 0 Å². The van der Waals surface area contributed by atoms with Gasteiger partial charge < -0.3 is 19.2 Å². The Kier molecular flexibility index (Phi) is 4.78. The van der Waals surface area contributed by atoms with Gasteiger partial charge in [-0.25, -0.2) is 0 Å². The summed E-state index contributed by atoms with van der Waals surface area (Å²) in [5.74, 6) is 1.98. The molecule has 0 spiro atoms. The van der Waals surface area contributed by atoms with Gasteiger partial charge in [0.25, 0.3) is 11.1 Å². The third-order valence-corrected chi connectivity index (χ3v) is 5.07. The van der Waals surface area contributed by atoms with E-state index in [1.807, 2.05) is 24.3 Å². The van der Waals surface area contributed by atoms with E-state index in [4.69, 9.17) is 13.9 Å². The standard InChI is InChI=1S/C17H19N3O4S/c21-15(18-11-5-1-2-6-11)10-25-17-20-19-16(24-17)14-9-22-12-7-3-4-8-13(12)23-14/h3-4,7-8,11,14H,1-2,5-6,9-10H2,(H,18,21)/t14-/m1/s1. The second-order valence-electron chi connectivity index (χ2n) is 6.11. The number of thioether (sulfide) groups is 1. The molecule has 1 fully saturated rings. The Balaban J connectivity index is 1.31.